The van der Waals surface area contributed by atoms with E-state index in [0.29, 0.717) is 0 Å². The molecule has 0 saturated carbocycles. The first kappa shape index (κ1) is 78.5. The Balaban J connectivity index is 7.66. The Hall–Kier alpha value is -8.48. The van der Waals surface area contributed by atoms with Gasteiger partial charge in [-0.2, -0.15) is 0 Å². The van der Waals surface area contributed by atoms with Gasteiger partial charge in [0.1, 0.15) is 0 Å². The maximum absolute atomic E-state index is 14.5. The summed E-state index contributed by atoms with van der Waals surface area (Å²) in [7, 11) is 0. The summed E-state index contributed by atoms with van der Waals surface area (Å²) >= 11 is 0. The van der Waals surface area contributed by atoms with Crippen molar-refractivity contribution in [3.63, 3.8) is 0 Å². The molecule has 0 rings (SSSR count). The Morgan fingerprint density at radius 2 is 0.299 bits per heavy atom. The Bertz CT molecular complexity index is 2480. The number of hydrogen-bond donors (Lipinski definition) is 16. The maximum Gasteiger partial charge on any atom is 0.224 e. The first-order chi connectivity index (χ1) is 40.4. The van der Waals surface area contributed by atoms with Gasteiger partial charge in [0.25, 0.3) is 0 Å². The molecule has 0 aromatic heterocycles. The molecule has 16 unspecified atom stereocenters. The van der Waals surface area contributed by atoms with E-state index < -0.39 is 254 Å². The number of nitrogens with two attached hydrogens (primary N) is 14. The van der Waals surface area contributed by atoms with E-state index in [0.717, 1.165) is 0 Å². The molecule has 0 spiro atoms. The van der Waals surface area contributed by atoms with Crippen molar-refractivity contribution in [2.45, 2.75) is 143 Å². The topological polar surface area (TPSA) is 661 Å². The van der Waals surface area contributed by atoms with Gasteiger partial charge in [0.2, 0.25) is 94.5 Å². The molecule has 0 bridgehead atoms. The molecule has 0 aliphatic carbocycles. The van der Waals surface area contributed by atoms with E-state index in [1.807, 2.05) is 0 Å². The lowest BCUT2D eigenvalue weighted by Gasteiger charge is -2.29. The molecule has 0 aliphatic rings. The van der Waals surface area contributed by atoms with Gasteiger partial charge in [0, 0.05) is 94.7 Å². The van der Waals surface area contributed by atoms with E-state index in [-0.39, 0.29) is 57.8 Å². The smallest absolute Gasteiger partial charge is 0.224 e. The Kier molecular flexibility index (Phi) is 34.8. The molecule has 0 saturated heterocycles. The number of hydrogen-bond acceptors (Lipinski definition) is 16. The highest BCUT2D eigenvalue weighted by atomic mass is 16.2. The van der Waals surface area contributed by atoms with Crippen molar-refractivity contribution in [2.24, 2.45) is 175 Å². The van der Waals surface area contributed by atoms with E-state index in [1.165, 1.54) is 0 Å². The molecule has 16 atom stereocenters. The third-order valence-electron chi connectivity index (χ3n) is 16.8. The van der Waals surface area contributed by atoms with Gasteiger partial charge < -0.3 is 90.9 Å². The average molecular weight is 1240 g/mol. The predicted octanol–water partition coefficient (Wildman–Crippen LogP) is -5.07. The summed E-state index contributed by atoms with van der Waals surface area (Å²) in [5.74, 6) is -35.2. The summed E-state index contributed by atoms with van der Waals surface area (Å²) in [4.78, 5) is 208. The highest BCUT2D eigenvalue weighted by molar-refractivity contribution is 5.88. The number of primary amides is 14. The fourth-order valence-electron chi connectivity index (χ4n) is 11.2. The number of rotatable bonds is 50. The van der Waals surface area contributed by atoms with Crippen LogP contribution in [-0.2, 0) is 76.7 Å². The van der Waals surface area contributed by atoms with Crippen LogP contribution in [0, 0.1) is 94.7 Å². The average Bonchev–Trinajstić information content (AvgIpc) is 3.62. The zero-order valence-electron chi connectivity index (χ0n) is 50.3. The van der Waals surface area contributed by atoms with Crippen LogP contribution in [0.3, 0.4) is 0 Å². The van der Waals surface area contributed by atoms with Crippen LogP contribution in [0.15, 0.2) is 0 Å². The molecule has 492 valence electrons. The van der Waals surface area contributed by atoms with Gasteiger partial charge in [0.05, 0.1) is 6.67 Å². The first-order valence-electron chi connectivity index (χ1n) is 29.0. The molecule has 0 aliphatic heterocycles. The largest absolute Gasteiger partial charge is 0.369 e. The van der Waals surface area contributed by atoms with E-state index >= 15 is 0 Å². The van der Waals surface area contributed by atoms with Gasteiger partial charge in [-0.3, -0.25) is 76.7 Å². The lowest BCUT2D eigenvalue weighted by Crippen LogP contribution is -2.45. The molecule has 0 aromatic rings. The summed E-state index contributed by atoms with van der Waals surface area (Å²) in [6.07, 6.45) is -5.18. The van der Waals surface area contributed by atoms with Crippen molar-refractivity contribution >= 4 is 94.5 Å². The monoisotopic (exact) mass is 1240 g/mol. The van der Waals surface area contributed by atoms with Crippen LogP contribution >= 0.6 is 0 Å². The standard InChI is InChI=1S/C55H96N16O16/c1-5-24(40(56)72)9-28(44(60)76)13-32(48(64)80)16-34(50(66)82)18-37(53(69)85)21-38(19-31(47(63)79)12-27(8-4)43(59)75)54(86)70-23-71-55(87)39(20-35(51(67)83)15-30(46(62)78)11-26(7-3)42(58)74)22-36(52(68)84)17-33(49(65)81)14-29(45(61)77)10-25(6-2)41(57)73/h24-39H,5-23H2,1-4H3,(H2,56,72)(H2,57,73)(H2,58,74)(H2,59,75)(H2,60,76)(H2,61,77)(H2,62,78)(H2,63,79)(H2,64,80)(H2,65,81)(H2,66,82)(H2,67,83)(H2,68,84)(H2,69,85)(H,70,86)(H,71,87). The van der Waals surface area contributed by atoms with E-state index in [2.05, 4.69) is 10.6 Å². The second kappa shape index (κ2) is 38.5. The second-order valence-electron chi connectivity index (χ2n) is 23.0. The summed E-state index contributed by atoms with van der Waals surface area (Å²) in [6.45, 7) is 5.65. The summed E-state index contributed by atoms with van der Waals surface area (Å²) < 4.78 is 0. The third-order valence-corrected chi connectivity index (χ3v) is 16.8. The highest BCUT2D eigenvalue weighted by Crippen LogP contribution is 2.35. The van der Waals surface area contributed by atoms with Crippen LogP contribution in [0.4, 0.5) is 0 Å². The number of nitrogens with one attached hydrogen (secondary N) is 2. The van der Waals surface area contributed by atoms with Crippen LogP contribution in [0.1, 0.15) is 143 Å². The lowest BCUT2D eigenvalue weighted by molar-refractivity contribution is -0.132. The molecule has 87 heavy (non-hydrogen) atoms. The third kappa shape index (κ3) is 28.1. The molecule has 0 radical (unpaired) electrons. The molecule has 32 nitrogen and oxygen atoms in total. The van der Waals surface area contributed by atoms with E-state index in [4.69, 9.17) is 80.3 Å². The molecule has 0 aromatic carbocycles. The first-order valence-corrected chi connectivity index (χ1v) is 29.0. The van der Waals surface area contributed by atoms with Gasteiger partial charge in [-0.25, -0.2) is 0 Å². The van der Waals surface area contributed by atoms with Crippen molar-refractivity contribution in [2.75, 3.05) is 6.67 Å². The van der Waals surface area contributed by atoms with Crippen molar-refractivity contribution in [3.8, 4) is 0 Å². The van der Waals surface area contributed by atoms with Crippen LogP contribution in [0.5, 0.6) is 0 Å². The summed E-state index contributed by atoms with van der Waals surface area (Å²) in [6, 6.07) is 0. The van der Waals surface area contributed by atoms with Crippen LogP contribution < -0.4 is 90.9 Å². The molecule has 0 heterocycles. The van der Waals surface area contributed by atoms with Gasteiger partial charge in [-0.15, -0.1) is 0 Å². The van der Waals surface area contributed by atoms with Gasteiger partial charge in [0.15, 0.2) is 0 Å². The summed E-state index contributed by atoms with van der Waals surface area (Å²) in [5, 5.41) is 4.91. The Labute approximate surface area is 505 Å². The number of carbonyl (C=O) groups excluding carboxylic acids is 16. The molecule has 32 heteroatoms. The van der Waals surface area contributed by atoms with E-state index in [9.17, 15) is 76.7 Å². The SMILES string of the molecule is CCC(CC(CC(CC(CC(CC(CC(CC(CC)C(N)=O)C(N)=O)C(=O)NCNC(=O)C(CC(CC(CC(CC)C(N)=O)C(N)=O)C(N)=O)CC(CC(CC(CC(CC)C(N)=O)C(N)=O)C(N)=O)C(N)=O)C(N)=O)C(N)=O)C(N)=O)C(N)=O)C(N)=O. The number of amides is 16. The van der Waals surface area contributed by atoms with Gasteiger partial charge in [-0.1, -0.05) is 27.7 Å². The van der Waals surface area contributed by atoms with Gasteiger partial charge in [-0.05, 0) is 116 Å². The fraction of sp³-hybridized carbons (Fsp3) is 0.709. The molecular formula is C55H96N16O16. The minimum Gasteiger partial charge on any atom is -0.369 e. The Morgan fingerprint density at radius 1 is 0.195 bits per heavy atom. The molecule has 16 amide bonds. The molecular weight excluding hydrogens is 1140 g/mol. The molecule has 0 fully saturated rings. The van der Waals surface area contributed by atoms with Crippen molar-refractivity contribution < 1.29 is 76.7 Å². The molecule has 30 N–H and O–H groups in total. The zero-order chi connectivity index (χ0) is 67.3. The van der Waals surface area contributed by atoms with Crippen LogP contribution in [0.25, 0.3) is 0 Å². The normalized spacial score (nSPS) is 16.9. The van der Waals surface area contributed by atoms with Crippen molar-refractivity contribution in [3.05, 3.63) is 0 Å². The van der Waals surface area contributed by atoms with Crippen LogP contribution in [-0.4, -0.2) is 101 Å². The minimum atomic E-state index is -1.54. The van der Waals surface area contributed by atoms with E-state index in [1.54, 1.807) is 27.7 Å². The maximum atomic E-state index is 14.5. The lowest BCUT2D eigenvalue weighted by atomic mass is 9.76. The van der Waals surface area contributed by atoms with Crippen molar-refractivity contribution in [1.29, 1.82) is 0 Å². The predicted molar refractivity (Wildman–Crippen MR) is 312 cm³/mol. The van der Waals surface area contributed by atoms with Crippen LogP contribution in [0.2, 0.25) is 0 Å². The summed E-state index contributed by atoms with van der Waals surface area (Å²) in [5.41, 5.74) is 79.8. The second-order valence-corrected chi connectivity index (χ2v) is 23.0. The van der Waals surface area contributed by atoms with Gasteiger partial charge >= 0.3 is 0 Å². The quantitative estimate of drug-likeness (QED) is 0.0254. The zero-order valence-corrected chi connectivity index (χ0v) is 50.3. The number of carbonyl (C=O) groups is 16. The highest BCUT2D eigenvalue weighted by Gasteiger charge is 2.40. The Morgan fingerprint density at radius 3 is 0.402 bits per heavy atom. The fourth-order valence-corrected chi connectivity index (χ4v) is 11.2. The van der Waals surface area contributed by atoms with Crippen molar-refractivity contribution in [1.82, 2.24) is 10.6 Å². The minimum absolute atomic E-state index is 0.128.